The van der Waals surface area contributed by atoms with Gasteiger partial charge in [0.15, 0.2) is 0 Å². The van der Waals surface area contributed by atoms with Crippen LogP contribution in [0.3, 0.4) is 0 Å². The Kier molecular flexibility index (Phi) is 5.16. The number of nitrogens with zero attached hydrogens (tertiary/aromatic N) is 1. The van der Waals surface area contributed by atoms with Crippen LogP contribution < -0.4 is 10.2 Å². The highest BCUT2D eigenvalue weighted by Crippen LogP contribution is 2.25. The summed E-state index contributed by atoms with van der Waals surface area (Å²) >= 11 is 0. The lowest BCUT2D eigenvalue weighted by Gasteiger charge is -2.19. The Morgan fingerprint density at radius 3 is 3.05 bits per heavy atom. The Labute approximate surface area is 119 Å². The van der Waals surface area contributed by atoms with Crippen LogP contribution in [0.5, 0.6) is 0 Å². The molecule has 1 aliphatic rings. The van der Waals surface area contributed by atoms with Crippen molar-refractivity contribution >= 4 is 11.6 Å². The molecule has 1 N–H and O–H groups in total. The zero-order valence-electron chi connectivity index (χ0n) is 11.8. The molecule has 0 radical (unpaired) electrons. The van der Waals surface area contributed by atoms with E-state index in [2.05, 4.69) is 10.2 Å². The van der Waals surface area contributed by atoms with E-state index >= 15 is 0 Å². The zero-order valence-corrected chi connectivity index (χ0v) is 11.8. The van der Waals surface area contributed by atoms with Gasteiger partial charge in [-0.3, -0.25) is 4.79 Å². The predicted octanol–water partition coefficient (Wildman–Crippen LogP) is 2.73. The summed E-state index contributed by atoms with van der Waals surface area (Å²) in [5.41, 5.74) is 0.662. The molecule has 0 unspecified atom stereocenters. The molecular formula is C16H21FN2O. The molecular weight excluding hydrogens is 255 g/mol. The molecule has 1 amide bonds. The quantitative estimate of drug-likeness (QED) is 0.839. The Morgan fingerprint density at radius 2 is 2.30 bits per heavy atom. The second-order valence-corrected chi connectivity index (χ2v) is 5.13. The molecule has 0 spiro atoms. The fourth-order valence-corrected chi connectivity index (χ4v) is 2.48. The number of hydrogen-bond acceptors (Lipinski definition) is 2. The summed E-state index contributed by atoms with van der Waals surface area (Å²) < 4.78 is 13.7. The van der Waals surface area contributed by atoms with E-state index in [0.717, 1.165) is 19.5 Å². The Bertz CT molecular complexity index is 487. The van der Waals surface area contributed by atoms with Crippen molar-refractivity contribution in [1.29, 1.82) is 0 Å². The lowest BCUT2D eigenvalue weighted by Crippen LogP contribution is -2.30. The van der Waals surface area contributed by atoms with Crippen molar-refractivity contribution in [3.63, 3.8) is 0 Å². The van der Waals surface area contributed by atoms with Gasteiger partial charge in [0.05, 0.1) is 5.69 Å². The molecule has 2 rings (SSSR count). The van der Waals surface area contributed by atoms with Gasteiger partial charge in [-0.1, -0.05) is 24.3 Å². The molecule has 4 heteroatoms. The minimum Gasteiger partial charge on any atom is -0.369 e. The normalized spacial score (nSPS) is 18.7. The minimum absolute atomic E-state index is 0.0486. The van der Waals surface area contributed by atoms with Crippen LogP contribution >= 0.6 is 0 Å². The molecule has 1 aliphatic heterocycles. The van der Waals surface area contributed by atoms with Crippen LogP contribution in [-0.2, 0) is 4.79 Å². The lowest BCUT2D eigenvalue weighted by atomic mass is 10.1. The number of amides is 1. The number of nitrogens with one attached hydrogen (secondary N) is 1. The van der Waals surface area contributed by atoms with Crippen LogP contribution in [0, 0.1) is 11.7 Å². The molecule has 0 aromatic heterocycles. The Hall–Kier alpha value is -1.84. The van der Waals surface area contributed by atoms with Crippen LogP contribution in [0.15, 0.2) is 36.4 Å². The van der Waals surface area contributed by atoms with Crippen molar-refractivity contribution in [1.82, 2.24) is 5.32 Å². The average molecular weight is 276 g/mol. The van der Waals surface area contributed by atoms with Crippen molar-refractivity contribution in [2.75, 3.05) is 24.5 Å². The number of hydrogen-bond donors (Lipinski definition) is 1. The Balaban J connectivity index is 1.81. The van der Waals surface area contributed by atoms with Gasteiger partial charge in [-0.25, -0.2) is 4.39 Å². The fourth-order valence-electron chi connectivity index (χ4n) is 2.48. The van der Waals surface area contributed by atoms with Gasteiger partial charge in [-0.2, -0.15) is 0 Å². The molecule has 0 bridgehead atoms. The van der Waals surface area contributed by atoms with E-state index in [9.17, 15) is 9.18 Å². The molecule has 108 valence electrons. The van der Waals surface area contributed by atoms with Crippen LogP contribution in [0.1, 0.15) is 19.8 Å². The molecule has 0 saturated carbocycles. The number of halogens is 1. The number of carbonyl (C=O) groups is 1. The zero-order chi connectivity index (χ0) is 14.4. The van der Waals surface area contributed by atoms with E-state index in [-0.39, 0.29) is 11.7 Å². The van der Waals surface area contributed by atoms with Crippen molar-refractivity contribution < 1.29 is 9.18 Å². The topological polar surface area (TPSA) is 32.3 Å². The maximum atomic E-state index is 13.7. The second kappa shape index (κ2) is 7.08. The van der Waals surface area contributed by atoms with Gasteiger partial charge in [0.1, 0.15) is 5.82 Å². The smallest absolute Gasteiger partial charge is 0.223 e. The van der Waals surface area contributed by atoms with Gasteiger partial charge in [-0.15, -0.1) is 0 Å². The third-order valence-corrected chi connectivity index (χ3v) is 3.61. The molecule has 1 aromatic rings. The number of anilines is 1. The van der Waals surface area contributed by atoms with Crippen molar-refractivity contribution in [3.8, 4) is 0 Å². The lowest BCUT2D eigenvalue weighted by molar-refractivity contribution is -0.120. The third kappa shape index (κ3) is 3.83. The molecule has 0 aliphatic carbocycles. The van der Waals surface area contributed by atoms with Crippen LogP contribution in [0.2, 0.25) is 0 Å². The standard InChI is InChI=1S/C16H21FN2O/c1-2-3-8-16(20)18-11-13-9-10-19(12-13)15-7-5-4-6-14(15)17/h2-7,13H,8-12H2,1H3,(H,18,20)/b3-2+/t13-/m1/s1. The second-order valence-electron chi connectivity index (χ2n) is 5.13. The first-order valence-electron chi connectivity index (χ1n) is 7.08. The number of allylic oxidation sites excluding steroid dienone is 1. The molecule has 1 saturated heterocycles. The molecule has 1 aromatic carbocycles. The van der Waals surface area contributed by atoms with Crippen molar-refractivity contribution in [3.05, 3.63) is 42.2 Å². The highest BCUT2D eigenvalue weighted by Gasteiger charge is 2.24. The number of benzene rings is 1. The number of rotatable bonds is 5. The first kappa shape index (κ1) is 14.6. The highest BCUT2D eigenvalue weighted by atomic mass is 19.1. The summed E-state index contributed by atoms with van der Waals surface area (Å²) in [5, 5.41) is 2.94. The summed E-state index contributed by atoms with van der Waals surface area (Å²) in [6.45, 7) is 4.21. The van der Waals surface area contributed by atoms with E-state index in [4.69, 9.17) is 0 Å². The average Bonchev–Trinajstić information content (AvgIpc) is 2.92. The van der Waals surface area contributed by atoms with E-state index in [1.165, 1.54) is 6.07 Å². The van der Waals surface area contributed by atoms with E-state index in [1.807, 2.05) is 31.2 Å². The highest BCUT2D eigenvalue weighted by molar-refractivity contribution is 5.77. The van der Waals surface area contributed by atoms with Crippen LogP contribution in [0.25, 0.3) is 0 Å². The van der Waals surface area contributed by atoms with Crippen LogP contribution in [0.4, 0.5) is 10.1 Å². The summed E-state index contributed by atoms with van der Waals surface area (Å²) in [4.78, 5) is 13.6. The van der Waals surface area contributed by atoms with Gasteiger partial charge in [0, 0.05) is 26.1 Å². The minimum atomic E-state index is -0.176. The van der Waals surface area contributed by atoms with Gasteiger partial charge in [0.2, 0.25) is 5.91 Å². The van der Waals surface area contributed by atoms with E-state index in [1.54, 1.807) is 6.07 Å². The number of para-hydroxylation sites is 1. The van der Waals surface area contributed by atoms with Gasteiger partial charge >= 0.3 is 0 Å². The van der Waals surface area contributed by atoms with E-state index < -0.39 is 0 Å². The van der Waals surface area contributed by atoms with Crippen molar-refractivity contribution in [2.24, 2.45) is 5.92 Å². The summed E-state index contributed by atoms with van der Waals surface area (Å²) in [6, 6.07) is 6.85. The third-order valence-electron chi connectivity index (χ3n) is 3.61. The molecule has 3 nitrogen and oxygen atoms in total. The summed E-state index contributed by atoms with van der Waals surface area (Å²) in [5.74, 6) is 0.266. The first-order valence-corrected chi connectivity index (χ1v) is 7.08. The predicted molar refractivity (Wildman–Crippen MR) is 79.2 cm³/mol. The summed E-state index contributed by atoms with van der Waals surface area (Å²) in [7, 11) is 0. The molecule has 1 atom stereocenters. The fraction of sp³-hybridized carbons (Fsp3) is 0.438. The number of carbonyl (C=O) groups excluding carboxylic acids is 1. The first-order chi connectivity index (χ1) is 9.70. The molecule has 20 heavy (non-hydrogen) atoms. The van der Waals surface area contributed by atoms with Gasteiger partial charge in [-0.05, 0) is 31.4 Å². The maximum absolute atomic E-state index is 13.7. The molecule has 1 heterocycles. The largest absolute Gasteiger partial charge is 0.369 e. The van der Waals surface area contributed by atoms with Crippen LogP contribution in [-0.4, -0.2) is 25.5 Å². The van der Waals surface area contributed by atoms with Crippen molar-refractivity contribution in [2.45, 2.75) is 19.8 Å². The Morgan fingerprint density at radius 1 is 1.50 bits per heavy atom. The van der Waals surface area contributed by atoms with Gasteiger partial charge < -0.3 is 10.2 Å². The maximum Gasteiger partial charge on any atom is 0.223 e. The van der Waals surface area contributed by atoms with Gasteiger partial charge in [0.25, 0.3) is 0 Å². The summed E-state index contributed by atoms with van der Waals surface area (Å²) in [6.07, 6.45) is 5.13. The monoisotopic (exact) mass is 276 g/mol. The SMILES string of the molecule is C/C=C/CC(=O)NC[C@H]1CCN(c2ccccc2F)C1. The van der Waals surface area contributed by atoms with E-state index in [0.29, 0.717) is 24.6 Å². The molecule has 1 fully saturated rings.